The van der Waals surface area contributed by atoms with Gasteiger partial charge in [-0.15, -0.1) is 11.3 Å². The summed E-state index contributed by atoms with van der Waals surface area (Å²) in [6.07, 6.45) is 0. The van der Waals surface area contributed by atoms with Crippen molar-refractivity contribution in [1.82, 2.24) is 5.32 Å². The maximum Gasteiger partial charge on any atom is 0.0921 e. The SMILES string of the molecule is Brc1ccc(N2CCNCC2)s1. The smallest absolute Gasteiger partial charge is 0.0921 e. The summed E-state index contributed by atoms with van der Waals surface area (Å²) in [6, 6.07) is 4.29. The van der Waals surface area contributed by atoms with Crippen molar-refractivity contribution in [3.8, 4) is 0 Å². The lowest BCUT2D eigenvalue weighted by molar-refractivity contribution is 0.592. The molecule has 66 valence electrons. The van der Waals surface area contributed by atoms with Gasteiger partial charge in [0, 0.05) is 26.2 Å². The summed E-state index contributed by atoms with van der Waals surface area (Å²) in [4.78, 5) is 2.42. The summed E-state index contributed by atoms with van der Waals surface area (Å²) in [7, 11) is 0. The van der Waals surface area contributed by atoms with Crippen molar-refractivity contribution in [3.05, 3.63) is 15.9 Å². The number of hydrogen-bond donors (Lipinski definition) is 1. The minimum atomic E-state index is 1.11. The molecule has 0 amide bonds. The Morgan fingerprint density at radius 2 is 2.08 bits per heavy atom. The molecule has 1 aliphatic rings. The number of nitrogens with zero attached hydrogens (tertiary/aromatic N) is 1. The largest absolute Gasteiger partial charge is 0.361 e. The minimum absolute atomic E-state index is 1.11. The molecule has 1 aliphatic heterocycles. The van der Waals surface area contributed by atoms with Gasteiger partial charge in [0.2, 0.25) is 0 Å². The lowest BCUT2D eigenvalue weighted by atomic mass is 10.4. The van der Waals surface area contributed by atoms with E-state index in [1.807, 2.05) is 11.3 Å². The van der Waals surface area contributed by atoms with Gasteiger partial charge in [-0.1, -0.05) is 0 Å². The number of thiophene rings is 1. The molecule has 1 saturated heterocycles. The molecule has 0 unspecified atom stereocenters. The van der Waals surface area contributed by atoms with Gasteiger partial charge in [0.1, 0.15) is 0 Å². The van der Waals surface area contributed by atoms with Gasteiger partial charge in [0.05, 0.1) is 8.79 Å². The second-order valence-electron chi connectivity index (χ2n) is 2.81. The summed E-state index contributed by atoms with van der Waals surface area (Å²) >= 11 is 5.28. The molecule has 0 radical (unpaired) electrons. The topological polar surface area (TPSA) is 15.3 Å². The summed E-state index contributed by atoms with van der Waals surface area (Å²) in [5, 5.41) is 4.72. The van der Waals surface area contributed by atoms with Gasteiger partial charge in [-0.3, -0.25) is 0 Å². The molecule has 0 bridgehead atoms. The number of nitrogens with one attached hydrogen (secondary N) is 1. The van der Waals surface area contributed by atoms with E-state index in [-0.39, 0.29) is 0 Å². The summed E-state index contributed by atoms with van der Waals surface area (Å²) in [6.45, 7) is 4.48. The standard InChI is InChI=1S/C8H11BrN2S/c9-7-1-2-8(12-7)11-5-3-10-4-6-11/h1-2,10H,3-6H2. The second-order valence-corrected chi connectivity index (χ2v) is 5.26. The van der Waals surface area contributed by atoms with Crippen molar-refractivity contribution in [2.24, 2.45) is 0 Å². The number of halogens is 1. The van der Waals surface area contributed by atoms with Crippen LogP contribution < -0.4 is 10.2 Å². The Balaban J connectivity index is 2.08. The van der Waals surface area contributed by atoms with Gasteiger partial charge >= 0.3 is 0 Å². The fourth-order valence-electron chi connectivity index (χ4n) is 1.36. The first-order valence-electron chi connectivity index (χ1n) is 4.07. The van der Waals surface area contributed by atoms with Crippen LogP contribution in [0.2, 0.25) is 0 Å². The van der Waals surface area contributed by atoms with Crippen molar-refractivity contribution in [2.45, 2.75) is 0 Å². The van der Waals surface area contributed by atoms with Crippen molar-refractivity contribution < 1.29 is 0 Å². The van der Waals surface area contributed by atoms with E-state index in [9.17, 15) is 0 Å². The Morgan fingerprint density at radius 1 is 1.33 bits per heavy atom. The lowest BCUT2D eigenvalue weighted by Crippen LogP contribution is -2.43. The van der Waals surface area contributed by atoms with E-state index in [0.29, 0.717) is 0 Å². The first-order chi connectivity index (χ1) is 5.86. The number of hydrogen-bond acceptors (Lipinski definition) is 3. The zero-order valence-electron chi connectivity index (χ0n) is 6.72. The van der Waals surface area contributed by atoms with Crippen molar-refractivity contribution >= 4 is 32.3 Å². The molecular weight excluding hydrogens is 236 g/mol. The van der Waals surface area contributed by atoms with E-state index < -0.39 is 0 Å². The molecule has 1 aromatic heterocycles. The van der Waals surface area contributed by atoms with Crippen LogP contribution in [0.3, 0.4) is 0 Å². The number of piperazine rings is 1. The minimum Gasteiger partial charge on any atom is -0.361 e. The predicted molar refractivity (Wildman–Crippen MR) is 57.1 cm³/mol. The van der Waals surface area contributed by atoms with Crippen molar-refractivity contribution in [2.75, 3.05) is 31.1 Å². The molecule has 4 heteroatoms. The van der Waals surface area contributed by atoms with E-state index in [1.54, 1.807) is 0 Å². The molecule has 1 N–H and O–H groups in total. The average Bonchev–Trinajstić information content (AvgIpc) is 2.54. The third-order valence-electron chi connectivity index (χ3n) is 1.99. The first-order valence-corrected chi connectivity index (χ1v) is 5.68. The van der Waals surface area contributed by atoms with E-state index in [0.717, 1.165) is 26.2 Å². The Bertz CT molecular complexity index is 255. The molecule has 0 spiro atoms. The van der Waals surface area contributed by atoms with Crippen LogP contribution in [-0.4, -0.2) is 26.2 Å². The monoisotopic (exact) mass is 246 g/mol. The molecular formula is C8H11BrN2S. The Hall–Kier alpha value is -0.0600. The molecule has 2 heterocycles. The Morgan fingerprint density at radius 3 is 2.67 bits per heavy atom. The molecule has 0 aliphatic carbocycles. The first kappa shape index (κ1) is 8.53. The zero-order valence-corrected chi connectivity index (χ0v) is 9.12. The normalized spacial score (nSPS) is 18.2. The van der Waals surface area contributed by atoms with Gasteiger partial charge in [-0.2, -0.15) is 0 Å². The molecule has 2 rings (SSSR count). The molecule has 12 heavy (non-hydrogen) atoms. The van der Waals surface area contributed by atoms with Gasteiger partial charge < -0.3 is 10.2 Å². The van der Waals surface area contributed by atoms with Gasteiger partial charge in [0.25, 0.3) is 0 Å². The van der Waals surface area contributed by atoms with E-state index >= 15 is 0 Å². The molecule has 0 aromatic carbocycles. The highest BCUT2D eigenvalue weighted by Crippen LogP contribution is 2.29. The van der Waals surface area contributed by atoms with Crippen LogP contribution in [0.4, 0.5) is 5.00 Å². The van der Waals surface area contributed by atoms with Crippen LogP contribution in [0.15, 0.2) is 15.9 Å². The lowest BCUT2D eigenvalue weighted by Gasteiger charge is -2.27. The average molecular weight is 247 g/mol. The fourth-order valence-corrected chi connectivity index (χ4v) is 2.77. The zero-order chi connectivity index (χ0) is 8.39. The van der Waals surface area contributed by atoms with Gasteiger partial charge in [-0.25, -0.2) is 0 Å². The number of anilines is 1. The fraction of sp³-hybridized carbons (Fsp3) is 0.500. The third kappa shape index (κ3) is 1.81. The molecule has 2 nitrogen and oxygen atoms in total. The van der Waals surface area contributed by atoms with Crippen LogP contribution in [0.1, 0.15) is 0 Å². The Kier molecular flexibility index (Phi) is 2.68. The van der Waals surface area contributed by atoms with Gasteiger partial charge in [-0.05, 0) is 28.1 Å². The molecule has 1 fully saturated rings. The third-order valence-corrected chi connectivity index (χ3v) is 3.67. The van der Waals surface area contributed by atoms with Gasteiger partial charge in [0.15, 0.2) is 0 Å². The Labute approximate surface area is 84.7 Å². The summed E-state index contributed by atoms with van der Waals surface area (Å²) in [5.74, 6) is 0. The highest BCUT2D eigenvalue weighted by Gasteiger charge is 2.11. The van der Waals surface area contributed by atoms with Crippen LogP contribution in [0, 0.1) is 0 Å². The second kappa shape index (κ2) is 3.77. The van der Waals surface area contributed by atoms with Crippen LogP contribution in [0.25, 0.3) is 0 Å². The number of rotatable bonds is 1. The van der Waals surface area contributed by atoms with Crippen LogP contribution in [0.5, 0.6) is 0 Å². The van der Waals surface area contributed by atoms with E-state index in [2.05, 4.69) is 38.3 Å². The summed E-state index contributed by atoms with van der Waals surface area (Å²) in [5.41, 5.74) is 0. The molecule has 0 atom stereocenters. The molecule has 0 saturated carbocycles. The van der Waals surface area contributed by atoms with Crippen LogP contribution >= 0.6 is 27.3 Å². The van der Waals surface area contributed by atoms with Crippen LogP contribution in [-0.2, 0) is 0 Å². The maximum absolute atomic E-state index is 3.47. The highest BCUT2D eigenvalue weighted by molar-refractivity contribution is 9.11. The van der Waals surface area contributed by atoms with E-state index in [4.69, 9.17) is 0 Å². The summed E-state index contributed by atoms with van der Waals surface area (Å²) < 4.78 is 1.22. The van der Waals surface area contributed by atoms with Crippen molar-refractivity contribution in [1.29, 1.82) is 0 Å². The van der Waals surface area contributed by atoms with Crippen molar-refractivity contribution in [3.63, 3.8) is 0 Å². The highest BCUT2D eigenvalue weighted by atomic mass is 79.9. The quantitative estimate of drug-likeness (QED) is 0.815. The molecule has 1 aromatic rings. The predicted octanol–water partition coefficient (Wildman–Crippen LogP) is 1.92. The van der Waals surface area contributed by atoms with E-state index in [1.165, 1.54) is 8.79 Å². The maximum atomic E-state index is 3.47.